The molecular weight excluding hydrogens is 418 g/mol. The van der Waals surface area contributed by atoms with E-state index in [9.17, 15) is 0 Å². The summed E-state index contributed by atoms with van der Waals surface area (Å²) in [5.74, 6) is 1.50. The molecule has 0 fully saturated rings. The number of likely N-dealkylation sites (N-methyl/N-ethyl adjacent to an activating group) is 1. The molecule has 0 spiro atoms. The fourth-order valence-electron chi connectivity index (χ4n) is 2.77. The van der Waals surface area contributed by atoms with Gasteiger partial charge < -0.3 is 4.90 Å². The van der Waals surface area contributed by atoms with E-state index in [1.807, 2.05) is 33.2 Å². The van der Waals surface area contributed by atoms with Gasteiger partial charge >= 0.3 is 0 Å². The number of hydrogen-bond acceptors (Lipinski definition) is 9. The fourth-order valence-corrected chi connectivity index (χ4v) is 4.51. The van der Waals surface area contributed by atoms with Gasteiger partial charge in [0.1, 0.15) is 5.03 Å². The molecule has 0 atom stereocenters. The monoisotopic (exact) mass is 441 g/mol. The molecule has 0 N–H and O–H groups in total. The van der Waals surface area contributed by atoms with Gasteiger partial charge in [0.15, 0.2) is 0 Å². The average Bonchev–Trinajstić information content (AvgIpc) is 3.33. The highest BCUT2D eigenvalue weighted by molar-refractivity contribution is 7.99. The van der Waals surface area contributed by atoms with Gasteiger partial charge in [-0.3, -0.25) is 0 Å². The van der Waals surface area contributed by atoms with Gasteiger partial charge in [-0.1, -0.05) is 42.1 Å². The van der Waals surface area contributed by atoms with Crippen LogP contribution >= 0.6 is 23.5 Å². The summed E-state index contributed by atoms with van der Waals surface area (Å²) in [5, 5.41) is 19.1. The largest absolute Gasteiger partial charge is 0.308 e. The van der Waals surface area contributed by atoms with Crippen LogP contribution in [0.2, 0.25) is 0 Å². The first-order valence-electron chi connectivity index (χ1n) is 9.58. The molecule has 0 radical (unpaired) electrons. The van der Waals surface area contributed by atoms with Gasteiger partial charge in [0.25, 0.3) is 5.78 Å². The first kappa shape index (κ1) is 20.8. The van der Waals surface area contributed by atoms with E-state index < -0.39 is 0 Å². The minimum absolute atomic E-state index is 0.590. The second-order valence-corrected chi connectivity index (χ2v) is 9.07. The topological polar surface area (TPSA) is 89.9 Å². The average molecular weight is 442 g/mol. The summed E-state index contributed by atoms with van der Waals surface area (Å²) < 4.78 is 3.58. The Kier molecular flexibility index (Phi) is 6.60. The third-order valence-electron chi connectivity index (χ3n) is 4.31. The molecule has 156 valence electrons. The van der Waals surface area contributed by atoms with Gasteiger partial charge in [-0.15, -0.1) is 10.2 Å². The first-order chi connectivity index (χ1) is 14.6. The number of aromatic nitrogens is 8. The highest BCUT2D eigenvalue weighted by Gasteiger charge is 2.15. The summed E-state index contributed by atoms with van der Waals surface area (Å²) in [5.41, 5.74) is 2.19. The van der Waals surface area contributed by atoms with Crippen LogP contribution < -0.4 is 0 Å². The maximum atomic E-state index is 4.67. The van der Waals surface area contributed by atoms with Gasteiger partial charge in [-0.25, -0.2) is 9.67 Å². The van der Waals surface area contributed by atoms with Crippen LogP contribution in [0.25, 0.3) is 5.78 Å². The van der Waals surface area contributed by atoms with Crippen LogP contribution in [-0.4, -0.2) is 71.1 Å². The van der Waals surface area contributed by atoms with Crippen molar-refractivity contribution in [2.75, 3.05) is 26.4 Å². The lowest BCUT2D eigenvalue weighted by molar-refractivity contribution is 0.361. The number of aryl methyl sites for hydroxylation is 2. The summed E-state index contributed by atoms with van der Waals surface area (Å²) in [6.07, 6.45) is 0.968. The molecule has 0 aliphatic heterocycles. The smallest absolute Gasteiger partial charge is 0.254 e. The van der Waals surface area contributed by atoms with Crippen LogP contribution in [0.15, 0.2) is 51.7 Å². The van der Waals surface area contributed by atoms with Crippen LogP contribution in [0.5, 0.6) is 0 Å². The minimum Gasteiger partial charge on any atom is -0.308 e. The Bertz CT molecular complexity index is 1110. The number of thioether (sulfide) groups is 1. The van der Waals surface area contributed by atoms with Gasteiger partial charge in [0, 0.05) is 18.0 Å². The molecule has 0 saturated heterocycles. The van der Waals surface area contributed by atoms with Gasteiger partial charge in [-0.05, 0) is 61.3 Å². The van der Waals surface area contributed by atoms with Crippen molar-refractivity contribution in [3.05, 3.63) is 47.7 Å². The maximum absolute atomic E-state index is 4.67. The number of rotatable bonds is 9. The van der Waals surface area contributed by atoms with Crippen molar-refractivity contribution >= 4 is 29.3 Å². The minimum atomic E-state index is 0.590. The molecule has 3 heterocycles. The van der Waals surface area contributed by atoms with Crippen molar-refractivity contribution in [3.63, 3.8) is 0 Å². The zero-order chi connectivity index (χ0) is 20.9. The predicted molar refractivity (Wildman–Crippen MR) is 117 cm³/mol. The van der Waals surface area contributed by atoms with E-state index in [-0.39, 0.29) is 0 Å². The number of tetrazole rings is 1. The summed E-state index contributed by atoms with van der Waals surface area (Å²) in [4.78, 5) is 11.2. The zero-order valence-corrected chi connectivity index (χ0v) is 18.8. The van der Waals surface area contributed by atoms with Gasteiger partial charge in [0.2, 0.25) is 10.3 Å². The number of nitrogens with zero attached hydrogens (tertiary/aromatic N) is 9. The van der Waals surface area contributed by atoms with Crippen molar-refractivity contribution < 1.29 is 0 Å². The van der Waals surface area contributed by atoms with Crippen LogP contribution in [0.4, 0.5) is 0 Å². The Morgan fingerprint density at radius 1 is 1.10 bits per heavy atom. The maximum Gasteiger partial charge on any atom is 0.254 e. The Balaban J connectivity index is 1.50. The number of fused-ring (bicyclic) bond motifs is 1. The van der Waals surface area contributed by atoms with E-state index in [2.05, 4.69) is 59.8 Å². The lowest BCUT2D eigenvalue weighted by Gasteiger charge is -2.10. The molecule has 0 amide bonds. The molecule has 1 aromatic carbocycles. The molecule has 4 aromatic rings. The van der Waals surface area contributed by atoms with E-state index in [4.69, 9.17) is 0 Å². The molecule has 0 aliphatic carbocycles. The quantitative estimate of drug-likeness (QED) is 0.287. The highest BCUT2D eigenvalue weighted by atomic mass is 32.2. The predicted octanol–water partition coefficient (Wildman–Crippen LogP) is 2.47. The van der Waals surface area contributed by atoms with E-state index in [0.717, 1.165) is 39.8 Å². The fraction of sp³-hybridized carbons (Fsp3) is 0.368. The molecule has 4 rings (SSSR count). The SMILES string of the molecule is Cc1cc(Sc2nnnn2CCN(C)C)n2nc(SCCc3ccccc3)nc2n1. The second-order valence-electron chi connectivity index (χ2n) is 7.02. The zero-order valence-electron chi connectivity index (χ0n) is 17.1. The molecule has 11 heteroatoms. The highest BCUT2D eigenvalue weighted by Crippen LogP contribution is 2.27. The molecule has 0 bridgehead atoms. The van der Waals surface area contributed by atoms with Crippen LogP contribution in [0.1, 0.15) is 11.3 Å². The molecule has 0 unspecified atom stereocenters. The van der Waals surface area contributed by atoms with E-state index in [1.54, 1.807) is 21.0 Å². The van der Waals surface area contributed by atoms with E-state index in [0.29, 0.717) is 12.3 Å². The van der Waals surface area contributed by atoms with E-state index in [1.165, 1.54) is 17.3 Å². The lowest BCUT2D eigenvalue weighted by atomic mass is 10.2. The van der Waals surface area contributed by atoms with Crippen molar-refractivity contribution in [2.24, 2.45) is 0 Å². The van der Waals surface area contributed by atoms with E-state index >= 15 is 0 Å². The second kappa shape index (κ2) is 9.54. The molecule has 9 nitrogen and oxygen atoms in total. The van der Waals surface area contributed by atoms with Crippen molar-refractivity contribution in [1.82, 2.24) is 44.7 Å². The summed E-state index contributed by atoms with van der Waals surface area (Å²) >= 11 is 3.10. The standard InChI is InChI=1S/C19H23N9S2/c1-14-13-16(30-19-22-24-25-27(19)11-10-26(2)3)28-17(20-14)21-18(23-28)29-12-9-15-7-5-4-6-8-15/h4-8,13H,9-12H2,1-3H3. The van der Waals surface area contributed by atoms with Crippen LogP contribution in [-0.2, 0) is 13.0 Å². The van der Waals surface area contributed by atoms with Crippen molar-refractivity contribution in [1.29, 1.82) is 0 Å². The third kappa shape index (κ3) is 5.15. The summed E-state index contributed by atoms with van der Waals surface area (Å²) in [7, 11) is 4.05. The summed E-state index contributed by atoms with van der Waals surface area (Å²) in [6, 6.07) is 12.4. The van der Waals surface area contributed by atoms with Crippen LogP contribution in [0.3, 0.4) is 0 Å². The third-order valence-corrected chi connectivity index (χ3v) is 6.12. The molecule has 3 aromatic heterocycles. The number of benzene rings is 1. The normalized spacial score (nSPS) is 11.6. The Labute approximate surface area is 183 Å². The molecule has 0 saturated carbocycles. The molecular formula is C19H23N9S2. The van der Waals surface area contributed by atoms with Crippen molar-refractivity contribution in [3.8, 4) is 0 Å². The molecule has 30 heavy (non-hydrogen) atoms. The molecule has 0 aliphatic rings. The summed E-state index contributed by atoms with van der Waals surface area (Å²) in [6.45, 7) is 3.53. The van der Waals surface area contributed by atoms with Crippen LogP contribution in [0, 0.1) is 6.92 Å². The number of hydrogen-bond donors (Lipinski definition) is 0. The lowest BCUT2D eigenvalue weighted by Crippen LogP contribution is -2.19. The Hall–Kier alpha value is -2.50. The Morgan fingerprint density at radius 3 is 2.73 bits per heavy atom. The Morgan fingerprint density at radius 2 is 1.93 bits per heavy atom. The first-order valence-corrected chi connectivity index (χ1v) is 11.4. The van der Waals surface area contributed by atoms with Gasteiger partial charge in [-0.2, -0.15) is 9.50 Å². The van der Waals surface area contributed by atoms with Crippen molar-refractivity contribution in [2.45, 2.75) is 35.2 Å². The van der Waals surface area contributed by atoms with Gasteiger partial charge in [0.05, 0.1) is 6.54 Å².